The van der Waals surface area contributed by atoms with E-state index >= 15 is 0 Å². The van der Waals surface area contributed by atoms with Crippen LogP contribution in [0.1, 0.15) is 42.0 Å². The van der Waals surface area contributed by atoms with Crippen molar-refractivity contribution < 1.29 is 14.3 Å². The van der Waals surface area contributed by atoms with E-state index in [1.165, 1.54) is 6.07 Å². The standard InChI is InChI=1S/C15H19FN2O2/c1-17-15(14(19)20)5-4-9-7-12(16)10(8-11(9)15)13-3-2-6-18-13/h7-8,13,17-18H,2-6H2,1H3,(H,19,20)/t13-,15?/m1/s1. The second-order valence-corrected chi connectivity index (χ2v) is 5.64. The zero-order valence-electron chi connectivity index (χ0n) is 11.5. The Morgan fingerprint density at radius 1 is 1.55 bits per heavy atom. The van der Waals surface area contributed by atoms with Gasteiger partial charge in [0.1, 0.15) is 11.4 Å². The zero-order chi connectivity index (χ0) is 14.3. The molecule has 1 heterocycles. The van der Waals surface area contributed by atoms with Gasteiger partial charge in [0.05, 0.1) is 0 Å². The molecule has 0 saturated carbocycles. The van der Waals surface area contributed by atoms with Crippen LogP contribution < -0.4 is 10.6 Å². The van der Waals surface area contributed by atoms with Gasteiger partial charge in [-0.15, -0.1) is 0 Å². The summed E-state index contributed by atoms with van der Waals surface area (Å²) in [6.45, 7) is 0.886. The summed E-state index contributed by atoms with van der Waals surface area (Å²) in [7, 11) is 1.65. The van der Waals surface area contributed by atoms with Gasteiger partial charge in [0.15, 0.2) is 0 Å². The van der Waals surface area contributed by atoms with Crippen molar-refractivity contribution in [1.29, 1.82) is 0 Å². The lowest BCUT2D eigenvalue weighted by atomic mass is 9.89. The molecule has 3 rings (SSSR count). The molecule has 1 saturated heterocycles. The van der Waals surface area contributed by atoms with E-state index < -0.39 is 11.5 Å². The number of rotatable bonds is 3. The van der Waals surface area contributed by atoms with Crippen LogP contribution in [0.3, 0.4) is 0 Å². The maximum Gasteiger partial charge on any atom is 0.328 e. The van der Waals surface area contributed by atoms with Crippen LogP contribution in [0.25, 0.3) is 0 Å². The largest absolute Gasteiger partial charge is 0.480 e. The molecule has 0 aromatic heterocycles. The van der Waals surface area contributed by atoms with Gasteiger partial charge in [0.25, 0.3) is 0 Å². The molecular formula is C15H19FN2O2. The highest BCUT2D eigenvalue weighted by atomic mass is 19.1. The minimum Gasteiger partial charge on any atom is -0.480 e. The monoisotopic (exact) mass is 278 g/mol. The molecule has 2 aliphatic rings. The number of hydrogen-bond acceptors (Lipinski definition) is 3. The van der Waals surface area contributed by atoms with E-state index in [0.29, 0.717) is 18.4 Å². The SMILES string of the molecule is CNC1(C(=O)O)CCc2cc(F)c([C@H]3CCCN3)cc21. The Labute approximate surface area is 117 Å². The minimum absolute atomic E-state index is 0.00394. The molecule has 5 heteroatoms. The maximum absolute atomic E-state index is 14.2. The van der Waals surface area contributed by atoms with Crippen LogP contribution in [-0.2, 0) is 16.8 Å². The molecule has 1 aliphatic heterocycles. The van der Waals surface area contributed by atoms with E-state index in [2.05, 4.69) is 10.6 Å². The fourth-order valence-electron chi connectivity index (χ4n) is 3.50. The average molecular weight is 278 g/mol. The number of carboxylic acids is 1. The Bertz CT molecular complexity index is 555. The summed E-state index contributed by atoms with van der Waals surface area (Å²) >= 11 is 0. The average Bonchev–Trinajstić information content (AvgIpc) is 3.04. The Kier molecular flexibility index (Phi) is 3.26. The fourth-order valence-corrected chi connectivity index (χ4v) is 3.50. The van der Waals surface area contributed by atoms with Crippen LogP contribution in [0.2, 0.25) is 0 Å². The molecule has 3 N–H and O–H groups in total. The van der Waals surface area contributed by atoms with Gasteiger partial charge in [-0.05, 0) is 62.5 Å². The summed E-state index contributed by atoms with van der Waals surface area (Å²) in [5, 5.41) is 15.8. The number of benzene rings is 1. The highest BCUT2D eigenvalue weighted by molar-refractivity contribution is 5.82. The molecule has 0 spiro atoms. The highest BCUT2D eigenvalue weighted by Crippen LogP contribution is 2.40. The van der Waals surface area contributed by atoms with Crippen LogP contribution in [0.15, 0.2) is 12.1 Å². The second kappa shape index (κ2) is 4.82. The van der Waals surface area contributed by atoms with E-state index in [-0.39, 0.29) is 11.9 Å². The van der Waals surface area contributed by atoms with Gasteiger partial charge in [-0.1, -0.05) is 0 Å². The summed E-state index contributed by atoms with van der Waals surface area (Å²) in [6.07, 6.45) is 2.99. The van der Waals surface area contributed by atoms with Crippen LogP contribution in [0.4, 0.5) is 4.39 Å². The van der Waals surface area contributed by atoms with Crippen molar-refractivity contribution in [1.82, 2.24) is 10.6 Å². The van der Waals surface area contributed by atoms with Gasteiger partial charge in [-0.2, -0.15) is 0 Å². The molecule has 1 aromatic rings. The van der Waals surface area contributed by atoms with Gasteiger partial charge in [-0.3, -0.25) is 0 Å². The molecule has 1 aromatic carbocycles. The van der Waals surface area contributed by atoms with Crippen LogP contribution in [0, 0.1) is 5.82 Å². The van der Waals surface area contributed by atoms with Gasteiger partial charge >= 0.3 is 5.97 Å². The number of likely N-dealkylation sites (N-methyl/N-ethyl adjacent to an activating group) is 1. The summed E-state index contributed by atoms with van der Waals surface area (Å²) < 4.78 is 14.2. The third-order valence-electron chi connectivity index (χ3n) is 4.68. The number of fused-ring (bicyclic) bond motifs is 1. The number of hydrogen-bond donors (Lipinski definition) is 3. The van der Waals surface area contributed by atoms with E-state index in [4.69, 9.17) is 0 Å². The molecule has 20 heavy (non-hydrogen) atoms. The zero-order valence-corrected chi connectivity index (χ0v) is 11.5. The number of nitrogens with one attached hydrogen (secondary N) is 2. The molecule has 4 nitrogen and oxygen atoms in total. The molecule has 0 amide bonds. The number of aryl methyl sites for hydroxylation is 1. The van der Waals surface area contributed by atoms with Crippen molar-refractivity contribution in [2.24, 2.45) is 0 Å². The Morgan fingerprint density at radius 2 is 2.35 bits per heavy atom. The summed E-state index contributed by atoms with van der Waals surface area (Å²) in [5.74, 6) is -1.11. The normalized spacial score (nSPS) is 28.6. The Morgan fingerprint density at radius 3 is 2.95 bits per heavy atom. The number of carbonyl (C=O) groups is 1. The van der Waals surface area contributed by atoms with Crippen LogP contribution in [-0.4, -0.2) is 24.7 Å². The van der Waals surface area contributed by atoms with E-state index in [1.807, 2.05) is 0 Å². The second-order valence-electron chi connectivity index (χ2n) is 5.64. The summed E-state index contributed by atoms with van der Waals surface area (Å²) in [5.41, 5.74) is 1.05. The van der Waals surface area contributed by atoms with Gasteiger partial charge in [-0.25, -0.2) is 9.18 Å². The first-order chi connectivity index (χ1) is 9.58. The highest BCUT2D eigenvalue weighted by Gasteiger charge is 2.45. The van der Waals surface area contributed by atoms with E-state index in [1.54, 1.807) is 13.1 Å². The van der Waals surface area contributed by atoms with Gasteiger partial charge in [0, 0.05) is 11.6 Å². The van der Waals surface area contributed by atoms with Crippen molar-refractivity contribution in [3.05, 3.63) is 34.6 Å². The first-order valence-electron chi connectivity index (χ1n) is 7.07. The van der Waals surface area contributed by atoms with Crippen LogP contribution in [0.5, 0.6) is 0 Å². The number of aliphatic carboxylic acids is 1. The quantitative estimate of drug-likeness (QED) is 0.787. The van der Waals surface area contributed by atoms with E-state index in [9.17, 15) is 14.3 Å². The summed E-state index contributed by atoms with van der Waals surface area (Å²) in [6, 6.07) is 3.28. The predicted molar refractivity (Wildman–Crippen MR) is 73.1 cm³/mol. The predicted octanol–water partition coefficient (Wildman–Crippen LogP) is 1.70. The molecule has 1 fully saturated rings. The molecule has 0 bridgehead atoms. The van der Waals surface area contributed by atoms with Crippen molar-refractivity contribution >= 4 is 5.97 Å². The van der Waals surface area contributed by atoms with Crippen molar-refractivity contribution in [3.63, 3.8) is 0 Å². The van der Waals surface area contributed by atoms with Crippen molar-refractivity contribution in [3.8, 4) is 0 Å². The molecule has 0 radical (unpaired) electrons. The number of halogens is 1. The Balaban J connectivity index is 2.10. The van der Waals surface area contributed by atoms with Gasteiger partial charge in [0.2, 0.25) is 0 Å². The maximum atomic E-state index is 14.2. The lowest BCUT2D eigenvalue weighted by molar-refractivity contribution is -0.145. The molecule has 108 valence electrons. The topological polar surface area (TPSA) is 61.4 Å². The first-order valence-corrected chi connectivity index (χ1v) is 7.07. The molecule has 1 unspecified atom stereocenters. The van der Waals surface area contributed by atoms with Crippen LogP contribution >= 0.6 is 0 Å². The van der Waals surface area contributed by atoms with Crippen molar-refractivity contribution in [2.75, 3.05) is 13.6 Å². The fraction of sp³-hybridized carbons (Fsp3) is 0.533. The third kappa shape index (κ3) is 1.84. The Hall–Kier alpha value is -1.46. The molecular weight excluding hydrogens is 259 g/mol. The first kappa shape index (κ1) is 13.5. The third-order valence-corrected chi connectivity index (χ3v) is 4.68. The van der Waals surface area contributed by atoms with E-state index in [0.717, 1.165) is 30.5 Å². The lowest BCUT2D eigenvalue weighted by Crippen LogP contribution is -2.45. The van der Waals surface area contributed by atoms with Gasteiger partial charge < -0.3 is 15.7 Å². The molecule has 1 aliphatic carbocycles. The molecule has 2 atom stereocenters. The lowest BCUT2D eigenvalue weighted by Gasteiger charge is -2.26. The summed E-state index contributed by atoms with van der Waals surface area (Å²) in [4.78, 5) is 11.7. The number of carboxylic acid groups (broad SMARTS) is 1. The smallest absolute Gasteiger partial charge is 0.328 e. The minimum atomic E-state index is -1.07. The van der Waals surface area contributed by atoms with Crippen molar-refractivity contribution in [2.45, 2.75) is 37.3 Å².